The van der Waals surface area contributed by atoms with Crippen LogP contribution in [0.5, 0.6) is 0 Å². The van der Waals surface area contributed by atoms with Gasteiger partial charge in [0, 0.05) is 19.6 Å². The van der Waals surface area contributed by atoms with Crippen LogP contribution in [0.4, 0.5) is 0 Å². The fourth-order valence-electron chi connectivity index (χ4n) is 2.76. The molecule has 5 N–H and O–H groups in total. The number of amides is 2. The number of likely N-dealkylation sites (N-methyl/N-ethyl adjacent to an activating group) is 1. The summed E-state index contributed by atoms with van der Waals surface area (Å²) in [7, 11) is 1.38. The number of hydrogen-bond donors (Lipinski definition) is 3. The van der Waals surface area contributed by atoms with Crippen LogP contribution in [0.25, 0.3) is 0 Å². The maximum Gasteiger partial charge on any atom is 0.319 e. The molecule has 0 aliphatic carbocycles. The first-order valence-corrected chi connectivity index (χ1v) is 8.23. The van der Waals surface area contributed by atoms with Gasteiger partial charge in [0.15, 0.2) is 0 Å². The molecule has 0 saturated carbocycles. The van der Waals surface area contributed by atoms with E-state index >= 15 is 0 Å². The highest BCUT2D eigenvalue weighted by molar-refractivity contribution is 5.99. The van der Waals surface area contributed by atoms with Gasteiger partial charge in [-0.3, -0.25) is 33.8 Å². The molecule has 2 amide bonds. The van der Waals surface area contributed by atoms with Gasteiger partial charge in [-0.2, -0.15) is 0 Å². The quantitative estimate of drug-likeness (QED) is 0.234. The summed E-state index contributed by atoms with van der Waals surface area (Å²) in [5, 5.41) is 29.2. The van der Waals surface area contributed by atoms with Crippen LogP contribution in [0.15, 0.2) is 0 Å². The SMILES string of the molecule is CCC(CN(CC(=O)O)N(CC(=O)O)CC(=O)O)N1CC(=O)N(C)C(=O)C1.O. The van der Waals surface area contributed by atoms with Crippen LogP contribution in [0.3, 0.4) is 0 Å². The van der Waals surface area contributed by atoms with Gasteiger partial charge in [0.25, 0.3) is 0 Å². The summed E-state index contributed by atoms with van der Waals surface area (Å²) in [5.74, 6) is -4.70. The summed E-state index contributed by atoms with van der Waals surface area (Å²) in [6, 6.07) is -0.448. The third kappa shape index (κ3) is 7.56. The van der Waals surface area contributed by atoms with Crippen molar-refractivity contribution in [3.63, 3.8) is 0 Å². The van der Waals surface area contributed by atoms with Crippen molar-refractivity contribution in [2.75, 3.05) is 46.3 Å². The second-order valence-electron chi connectivity index (χ2n) is 6.16. The Bertz CT molecular complexity index is 578. The Morgan fingerprint density at radius 2 is 1.32 bits per heavy atom. The van der Waals surface area contributed by atoms with E-state index in [1.165, 1.54) is 7.05 Å². The monoisotopic (exact) mass is 406 g/mol. The topological polar surface area (TPSA) is 190 Å². The van der Waals surface area contributed by atoms with Crippen molar-refractivity contribution in [2.24, 2.45) is 0 Å². The van der Waals surface area contributed by atoms with Crippen molar-refractivity contribution in [2.45, 2.75) is 19.4 Å². The Morgan fingerprint density at radius 1 is 0.929 bits per heavy atom. The number of carbonyl (C=O) groups is 5. The van der Waals surface area contributed by atoms with Crippen molar-refractivity contribution in [1.29, 1.82) is 0 Å². The molecule has 1 unspecified atom stereocenters. The second-order valence-corrected chi connectivity index (χ2v) is 6.16. The average molecular weight is 406 g/mol. The van der Waals surface area contributed by atoms with Gasteiger partial charge in [0.1, 0.15) is 19.6 Å². The first-order valence-electron chi connectivity index (χ1n) is 8.23. The lowest BCUT2D eigenvalue weighted by Gasteiger charge is -2.40. The van der Waals surface area contributed by atoms with E-state index in [1.54, 1.807) is 11.8 Å². The number of aliphatic carboxylic acids is 3. The predicted octanol–water partition coefficient (Wildman–Crippen LogP) is -2.99. The van der Waals surface area contributed by atoms with Gasteiger partial charge in [0.2, 0.25) is 11.8 Å². The lowest BCUT2D eigenvalue weighted by atomic mass is 10.1. The Hall–Kier alpha value is -2.61. The van der Waals surface area contributed by atoms with Crippen LogP contribution in [0.2, 0.25) is 0 Å². The number of nitrogens with zero attached hydrogens (tertiary/aromatic N) is 4. The number of hydrazine groups is 1. The smallest absolute Gasteiger partial charge is 0.319 e. The summed E-state index contributed by atoms with van der Waals surface area (Å²) < 4.78 is 0. The molecule has 0 spiro atoms. The van der Waals surface area contributed by atoms with Crippen LogP contribution >= 0.6 is 0 Å². The van der Waals surface area contributed by atoms with Gasteiger partial charge < -0.3 is 20.8 Å². The minimum atomic E-state index is -1.32. The lowest BCUT2D eigenvalue weighted by molar-refractivity contribution is -0.160. The molecule has 0 aromatic carbocycles. The first-order chi connectivity index (χ1) is 12.5. The number of hydrogen-bond acceptors (Lipinski definition) is 8. The van der Waals surface area contributed by atoms with E-state index in [4.69, 9.17) is 15.3 Å². The van der Waals surface area contributed by atoms with Crippen LogP contribution < -0.4 is 0 Å². The minimum Gasteiger partial charge on any atom is -0.480 e. The van der Waals surface area contributed by atoms with Crippen LogP contribution in [-0.4, -0.2) is 123 Å². The molecule has 1 saturated heterocycles. The summed E-state index contributed by atoms with van der Waals surface area (Å²) in [6.45, 7) is -0.373. The van der Waals surface area contributed by atoms with Gasteiger partial charge in [-0.25, -0.2) is 10.0 Å². The second kappa shape index (κ2) is 11.3. The van der Waals surface area contributed by atoms with E-state index in [1.807, 2.05) is 0 Å². The molecule has 1 aliphatic rings. The zero-order chi connectivity index (χ0) is 20.7. The van der Waals surface area contributed by atoms with Gasteiger partial charge in [-0.15, -0.1) is 0 Å². The number of carboxylic acids is 3. The predicted molar refractivity (Wildman–Crippen MR) is 93.1 cm³/mol. The molecule has 0 radical (unpaired) electrons. The van der Waals surface area contributed by atoms with Gasteiger partial charge in [-0.1, -0.05) is 6.92 Å². The van der Waals surface area contributed by atoms with E-state index in [0.717, 1.165) is 14.9 Å². The fourth-order valence-corrected chi connectivity index (χ4v) is 2.76. The molecule has 1 aliphatic heterocycles. The van der Waals surface area contributed by atoms with Crippen molar-refractivity contribution >= 4 is 29.7 Å². The molecular formula is C15H26N4O9. The van der Waals surface area contributed by atoms with Gasteiger partial charge in [0.05, 0.1) is 13.1 Å². The van der Waals surface area contributed by atoms with E-state index < -0.39 is 55.4 Å². The fraction of sp³-hybridized carbons (Fsp3) is 0.667. The number of carbonyl (C=O) groups excluding carboxylic acids is 2. The van der Waals surface area contributed by atoms with Gasteiger partial charge in [-0.05, 0) is 6.42 Å². The van der Waals surface area contributed by atoms with Crippen LogP contribution in [0.1, 0.15) is 13.3 Å². The molecule has 160 valence electrons. The van der Waals surface area contributed by atoms with E-state index in [0.29, 0.717) is 6.42 Å². The standard InChI is InChI=1S/C15H24N4O8.H2O/c1-3-10(17-5-11(20)16(2)12(21)6-17)4-18(7-13(22)23)19(8-14(24)25)9-15(26)27;/h10H,3-9H2,1-2H3,(H,22,23)(H,24,25)(H,26,27);1H2. The third-order valence-electron chi connectivity index (χ3n) is 4.19. The third-order valence-corrected chi connectivity index (χ3v) is 4.19. The molecule has 0 aromatic rings. The maximum atomic E-state index is 11.9. The summed E-state index contributed by atoms with van der Waals surface area (Å²) in [4.78, 5) is 59.7. The van der Waals surface area contributed by atoms with Crippen molar-refractivity contribution in [3.8, 4) is 0 Å². The Morgan fingerprint density at radius 3 is 1.68 bits per heavy atom. The molecule has 1 rings (SSSR count). The van der Waals surface area contributed by atoms with Crippen molar-refractivity contribution in [1.82, 2.24) is 19.8 Å². The normalized spacial score (nSPS) is 16.2. The maximum absolute atomic E-state index is 11.9. The molecule has 28 heavy (non-hydrogen) atoms. The molecule has 13 nitrogen and oxygen atoms in total. The van der Waals surface area contributed by atoms with Crippen molar-refractivity contribution < 1.29 is 44.8 Å². The zero-order valence-electron chi connectivity index (χ0n) is 15.7. The zero-order valence-corrected chi connectivity index (χ0v) is 15.7. The molecule has 1 fully saturated rings. The van der Waals surface area contributed by atoms with Gasteiger partial charge >= 0.3 is 17.9 Å². The lowest BCUT2D eigenvalue weighted by Crippen LogP contribution is -2.59. The largest absolute Gasteiger partial charge is 0.480 e. The Balaban J connectivity index is 0.00000729. The molecule has 0 aromatic heterocycles. The molecule has 1 heterocycles. The average Bonchev–Trinajstić information content (AvgIpc) is 2.54. The van der Waals surface area contributed by atoms with E-state index in [2.05, 4.69) is 0 Å². The van der Waals surface area contributed by atoms with E-state index in [-0.39, 0.29) is 25.1 Å². The summed E-state index contributed by atoms with van der Waals surface area (Å²) in [5.41, 5.74) is 0. The highest BCUT2D eigenvalue weighted by atomic mass is 16.4. The van der Waals surface area contributed by atoms with Crippen molar-refractivity contribution in [3.05, 3.63) is 0 Å². The highest BCUT2D eigenvalue weighted by Crippen LogP contribution is 2.13. The van der Waals surface area contributed by atoms with Crippen LogP contribution in [-0.2, 0) is 24.0 Å². The summed E-state index contributed by atoms with van der Waals surface area (Å²) in [6.07, 6.45) is 0.439. The molecule has 1 atom stereocenters. The minimum absolute atomic E-state index is 0. The number of piperazine rings is 1. The Kier molecular flexibility index (Phi) is 10.2. The Labute approximate surface area is 161 Å². The summed E-state index contributed by atoms with van der Waals surface area (Å²) >= 11 is 0. The van der Waals surface area contributed by atoms with Crippen LogP contribution in [0, 0.1) is 0 Å². The molecular weight excluding hydrogens is 380 g/mol. The van der Waals surface area contributed by atoms with E-state index in [9.17, 15) is 24.0 Å². The number of imide groups is 1. The first kappa shape index (κ1) is 25.4. The molecule has 13 heteroatoms. The highest BCUT2D eigenvalue weighted by Gasteiger charge is 2.34. The number of rotatable bonds is 11. The molecule has 0 bridgehead atoms. The number of carboxylic acid groups (broad SMARTS) is 3.